The maximum absolute atomic E-state index is 11.2. The van der Waals surface area contributed by atoms with E-state index >= 15 is 0 Å². The fourth-order valence-corrected chi connectivity index (χ4v) is 1.12. The molecule has 7 N–H and O–H groups in total. The van der Waals surface area contributed by atoms with Crippen molar-refractivity contribution in [1.29, 1.82) is 0 Å². The van der Waals surface area contributed by atoms with Gasteiger partial charge >= 0.3 is 0 Å². The predicted molar refractivity (Wildman–Crippen MR) is 82.0 cm³/mol. The van der Waals surface area contributed by atoms with E-state index in [2.05, 4.69) is 17.6 Å². The van der Waals surface area contributed by atoms with Crippen LogP contribution in [0.5, 0.6) is 0 Å². The minimum absolute atomic E-state index is 0.196. The van der Waals surface area contributed by atoms with Gasteiger partial charge in [-0.15, -0.1) is 0 Å². The molecule has 0 saturated heterocycles. The molecule has 0 bridgehead atoms. The molecular formula is C13H32N4O3. The number of aliphatic hydroxyl groups excluding tert-OH is 1. The summed E-state index contributed by atoms with van der Waals surface area (Å²) >= 11 is 0. The summed E-state index contributed by atoms with van der Waals surface area (Å²) in [7, 11) is 2.67. The fraction of sp³-hybridized carbons (Fsp3) is 0.846. The third-order valence-electron chi connectivity index (χ3n) is 2.01. The lowest BCUT2D eigenvalue weighted by Gasteiger charge is -2.17. The summed E-state index contributed by atoms with van der Waals surface area (Å²) in [5, 5.41) is 12.3. The van der Waals surface area contributed by atoms with Gasteiger partial charge in [0, 0.05) is 7.11 Å². The molecule has 1 unspecified atom stereocenters. The standard InChI is InChI=1S/C9H19N3O2.C3H9N.CH4O/c1-6(2)4-7(9(10)14)12-8(13)5-11-3;1-2-3-4;1-2/h6-7,11H,4-5H2,1-3H3,(H2,10,14)(H,12,13);2-4H2,1H3;2H,1H3. The van der Waals surface area contributed by atoms with Crippen LogP contribution in [-0.4, -0.2) is 50.2 Å². The number of carbonyl (C=O) groups excluding carboxylic acids is 2. The SMILES string of the molecule is CCCN.CNCC(=O)NC(CC(C)C)C(N)=O.CO. The van der Waals surface area contributed by atoms with Gasteiger partial charge in [-0.2, -0.15) is 0 Å². The highest BCUT2D eigenvalue weighted by atomic mass is 16.2. The number of rotatable bonds is 7. The average molecular weight is 292 g/mol. The van der Waals surface area contributed by atoms with E-state index < -0.39 is 11.9 Å². The van der Waals surface area contributed by atoms with Crippen molar-refractivity contribution in [3.63, 3.8) is 0 Å². The van der Waals surface area contributed by atoms with Crippen LogP contribution in [0.1, 0.15) is 33.6 Å². The number of carbonyl (C=O) groups is 2. The summed E-state index contributed by atoms with van der Waals surface area (Å²) in [6.07, 6.45) is 1.67. The van der Waals surface area contributed by atoms with E-state index in [1.807, 2.05) is 13.8 Å². The number of primary amides is 1. The molecule has 0 aromatic carbocycles. The maximum atomic E-state index is 11.2. The first-order valence-corrected chi connectivity index (χ1v) is 6.77. The molecule has 0 spiro atoms. The van der Waals surface area contributed by atoms with Crippen molar-refractivity contribution in [3.8, 4) is 0 Å². The van der Waals surface area contributed by atoms with E-state index in [4.69, 9.17) is 16.6 Å². The fourth-order valence-electron chi connectivity index (χ4n) is 1.12. The van der Waals surface area contributed by atoms with Crippen molar-refractivity contribution in [3.05, 3.63) is 0 Å². The summed E-state index contributed by atoms with van der Waals surface area (Å²) in [6.45, 7) is 7.02. The van der Waals surface area contributed by atoms with Crippen molar-refractivity contribution in [2.75, 3.05) is 27.2 Å². The van der Waals surface area contributed by atoms with Crippen molar-refractivity contribution in [2.45, 2.75) is 39.7 Å². The second kappa shape index (κ2) is 17.8. The van der Waals surface area contributed by atoms with Gasteiger partial charge in [-0.3, -0.25) is 9.59 Å². The summed E-state index contributed by atoms with van der Waals surface area (Å²) in [6, 6.07) is -0.559. The van der Waals surface area contributed by atoms with Gasteiger partial charge in [0.25, 0.3) is 0 Å². The highest BCUT2D eigenvalue weighted by Crippen LogP contribution is 2.03. The Morgan fingerprint density at radius 2 is 1.70 bits per heavy atom. The van der Waals surface area contributed by atoms with Crippen LogP contribution in [0.3, 0.4) is 0 Å². The largest absolute Gasteiger partial charge is 0.400 e. The second-order valence-corrected chi connectivity index (χ2v) is 4.47. The minimum Gasteiger partial charge on any atom is -0.400 e. The first-order chi connectivity index (χ1) is 9.38. The monoisotopic (exact) mass is 292 g/mol. The molecule has 0 aromatic heterocycles. The zero-order chi connectivity index (χ0) is 16.6. The van der Waals surface area contributed by atoms with Crippen LogP contribution in [0.4, 0.5) is 0 Å². The highest BCUT2D eigenvalue weighted by molar-refractivity contribution is 5.87. The first-order valence-electron chi connectivity index (χ1n) is 6.77. The van der Waals surface area contributed by atoms with Crippen LogP contribution >= 0.6 is 0 Å². The van der Waals surface area contributed by atoms with Crippen molar-refractivity contribution in [2.24, 2.45) is 17.4 Å². The Kier molecular flexibility index (Phi) is 21.3. The molecule has 7 heteroatoms. The van der Waals surface area contributed by atoms with Gasteiger partial charge < -0.3 is 27.2 Å². The van der Waals surface area contributed by atoms with Gasteiger partial charge in [0.2, 0.25) is 11.8 Å². The highest BCUT2D eigenvalue weighted by Gasteiger charge is 2.18. The average Bonchev–Trinajstić information content (AvgIpc) is 2.40. The lowest BCUT2D eigenvalue weighted by atomic mass is 10.0. The van der Waals surface area contributed by atoms with Crippen molar-refractivity contribution < 1.29 is 14.7 Å². The van der Waals surface area contributed by atoms with E-state index in [0.29, 0.717) is 12.3 Å². The van der Waals surface area contributed by atoms with Gasteiger partial charge in [0.05, 0.1) is 6.54 Å². The lowest BCUT2D eigenvalue weighted by molar-refractivity contribution is -0.127. The Morgan fingerprint density at radius 1 is 1.25 bits per heavy atom. The molecule has 0 aromatic rings. The van der Waals surface area contributed by atoms with Gasteiger partial charge in [0.15, 0.2) is 0 Å². The number of nitrogens with two attached hydrogens (primary N) is 2. The summed E-state index contributed by atoms with van der Waals surface area (Å²) in [5.74, 6) is -0.373. The number of aliphatic hydroxyl groups is 1. The zero-order valence-electron chi connectivity index (χ0n) is 13.4. The summed E-state index contributed by atoms with van der Waals surface area (Å²) in [5.41, 5.74) is 10.2. The number of hydrogen-bond donors (Lipinski definition) is 5. The molecule has 20 heavy (non-hydrogen) atoms. The van der Waals surface area contributed by atoms with Crippen molar-refractivity contribution in [1.82, 2.24) is 10.6 Å². The lowest BCUT2D eigenvalue weighted by Crippen LogP contribution is -2.47. The molecule has 122 valence electrons. The van der Waals surface area contributed by atoms with Crippen LogP contribution in [0.25, 0.3) is 0 Å². The maximum Gasteiger partial charge on any atom is 0.240 e. The van der Waals surface area contributed by atoms with Gasteiger partial charge in [0.1, 0.15) is 6.04 Å². The Labute approximate surface area is 122 Å². The predicted octanol–water partition coefficient (Wildman–Crippen LogP) is -0.814. The summed E-state index contributed by atoms with van der Waals surface area (Å²) < 4.78 is 0. The molecule has 0 aliphatic carbocycles. The molecule has 0 rings (SSSR count). The molecule has 7 nitrogen and oxygen atoms in total. The molecule has 0 radical (unpaired) electrons. The van der Waals surface area contributed by atoms with E-state index in [0.717, 1.165) is 20.1 Å². The molecule has 0 aliphatic rings. The zero-order valence-corrected chi connectivity index (χ0v) is 13.4. The number of hydrogen-bond acceptors (Lipinski definition) is 5. The minimum atomic E-state index is -0.559. The van der Waals surface area contributed by atoms with Crippen LogP contribution in [0, 0.1) is 5.92 Å². The first kappa shape index (κ1) is 23.9. The molecular weight excluding hydrogens is 260 g/mol. The molecule has 0 heterocycles. The van der Waals surface area contributed by atoms with E-state index in [1.165, 1.54) is 0 Å². The number of nitrogens with one attached hydrogen (secondary N) is 2. The molecule has 0 aliphatic heterocycles. The molecule has 0 fully saturated rings. The van der Waals surface area contributed by atoms with Crippen LogP contribution in [0.2, 0.25) is 0 Å². The Hall–Kier alpha value is -1.18. The van der Waals surface area contributed by atoms with Crippen molar-refractivity contribution >= 4 is 11.8 Å². The van der Waals surface area contributed by atoms with Crippen LogP contribution in [-0.2, 0) is 9.59 Å². The quantitative estimate of drug-likeness (QED) is 0.419. The normalized spacial score (nSPS) is 10.6. The number of likely N-dealkylation sites (N-methyl/N-ethyl adjacent to an activating group) is 1. The smallest absolute Gasteiger partial charge is 0.240 e. The van der Waals surface area contributed by atoms with Gasteiger partial charge in [-0.05, 0) is 32.4 Å². The Bertz CT molecular complexity index is 234. The Balaban J connectivity index is -0.000000410. The third kappa shape index (κ3) is 19.2. The summed E-state index contributed by atoms with van der Waals surface area (Å²) in [4.78, 5) is 22.1. The molecule has 1 atom stereocenters. The van der Waals surface area contributed by atoms with E-state index in [-0.39, 0.29) is 12.5 Å². The molecule has 0 saturated carbocycles. The second-order valence-electron chi connectivity index (χ2n) is 4.47. The van der Waals surface area contributed by atoms with Gasteiger partial charge in [-0.1, -0.05) is 20.8 Å². The number of amides is 2. The van der Waals surface area contributed by atoms with Crippen LogP contribution < -0.4 is 22.1 Å². The van der Waals surface area contributed by atoms with E-state index in [9.17, 15) is 9.59 Å². The topological polar surface area (TPSA) is 130 Å². The Morgan fingerprint density at radius 3 is 1.95 bits per heavy atom. The van der Waals surface area contributed by atoms with Crippen LogP contribution in [0.15, 0.2) is 0 Å². The molecule has 2 amide bonds. The van der Waals surface area contributed by atoms with E-state index in [1.54, 1.807) is 7.05 Å². The van der Waals surface area contributed by atoms with Gasteiger partial charge in [-0.25, -0.2) is 0 Å². The third-order valence-corrected chi connectivity index (χ3v) is 2.01.